The van der Waals surface area contributed by atoms with Crippen LogP contribution >= 0.6 is 0 Å². The minimum absolute atomic E-state index is 0.00570. The third-order valence-electron chi connectivity index (χ3n) is 16.3. The molecule has 1 aliphatic heterocycles. The van der Waals surface area contributed by atoms with Gasteiger partial charge in [0.1, 0.15) is 24.4 Å². The molecule has 79 heavy (non-hydrogen) atoms. The van der Waals surface area contributed by atoms with Crippen LogP contribution < -0.4 is 5.32 Å². The quantitative estimate of drug-likeness (QED) is 0.0195. The largest absolute Gasteiger partial charge is 0.466 e. The molecule has 0 bridgehead atoms. The maximum Gasteiger partial charge on any atom is 0.305 e. The van der Waals surface area contributed by atoms with E-state index in [0.717, 1.165) is 57.8 Å². The summed E-state index contributed by atoms with van der Waals surface area (Å²) in [5, 5.41) is 54.5. The fraction of sp³-hybridized carbons (Fsp3) is 0.912. The summed E-state index contributed by atoms with van der Waals surface area (Å²) in [5.74, 6) is -0.182. The number of unbranched alkanes of at least 4 members (excludes halogenated alkanes) is 44. The summed E-state index contributed by atoms with van der Waals surface area (Å²) < 4.78 is 16.7. The Labute approximate surface area is 486 Å². The molecular formula is C68H129NO10. The number of rotatable bonds is 60. The second kappa shape index (κ2) is 57.9. The van der Waals surface area contributed by atoms with Crippen LogP contribution in [0.4, 0.5) is 0 Å². The Morgan fingerprint density at radius 2 is 0.823 bits per heavy atom. The van der Waals surface area contributed by atoms with Crippen LogP contribution in [0.1, 0.15) is 335 Å². The highest BCUT2D eigenvalue weighted by molar-refractivity contribution is 5.76. The average Bonchev–Trinajstić information content (AvgIpc) is 3.50. The van der Waals surface area contributed by atoms with Crippen molar-refractivity contribution in [3.05, 3.63) is 24.3 Å². The molecule has 466 valence electrons. The Bertz CT molecular complexity index is 1360. The first-order valence-corrected chi connectivity index (χ1v) is 34.1. The maximum atomic E-state index is 13.1. The molecule has 0 aromatic carbocycles. The van der Waals surface area contributed by atoms with Crippen molar-refractivity contribution >= 4 is 11.9 Å². The van der Waals surface area contributed by atoms with Gasteiger partial charge in [-0.25, -0.2) is 0 Å². The molecule has 1 rings (SSSR count). The van der Waals surface area contributed by atoms with Crippen molar-refractivity contribution in [1.29, 1.82) is 0 Å². The van der Waals surface area contributed by atoms with Gasteiger partial charge in [-0.05, 0) is 44.9 Å². The number of aliphatic hydroxyl groups excluding tert-OH is 5. The minimum atomic E-state index is -1.58. The lowest BCUT2D eigenvalue weighted by Gasteiger charge is -2.40. The average molecular weight is 1120 g/mol. The number of carbonyl (C=O) groups is 2. The van der Waals surface area contributed by atoms with E-state index in [9.17, 15) is 35.1 Å². The van der Waals surface area contributed by atoms with Gasteiger partial charge in [0.2, 0.25) is 5.91 Å². The van der Waals surface area contributed by atoms with E-state index in [1.54, 1.807) is 6.08 Å². The van der Waals surface area contributed by atoms with Crippen LogP contribution in [0.3, 0.4) is 0 Å². The summed E-state index contributed by atoms with van der Waals surface area (Å²) in [6.45, 7) is 4.36. The summed E-state index contributed by atoms with van der Waals surface area (Å²) >= 11 is 0. The number of amides is 1. The summed E-state index contributed by atoms with van der Waals surface area (Å²) in [6.07, 6.45) is 61.5. The molecule has 1 aliphatic rings. The number of carbonyl (C=O) groups excluding carboxylic acids is 2. The molecule has 0 saturated carbocycles. The van der Waals surface area contributed by atoms with E-state index < -0.39 is 49.5 Å². The highest BCUT2D eigenvalue weighted by Crippen LogP contribution is 2.23. The number of allylic oxidation sites excluding steroid dienone is 3. The van der Waals surface area contributed by atoms with Crippen LogP contribution in [0, 0.1) is 0 Å². The first kappa shape index (κ1) is 75.2. The van der Waals surface area contributed by atoms with Crippen molar-refractivity contribution in [2.75, 3.05) is 19.8 Å². The highest BCUT2D eigenvalue weighted by Gasteiger charge is 2.44. The van der Waals surface area contributed by atoms with Gasteiger partial charge in [-0.15, -0.1) is 0 Å². The second-order valence-electron chi connectivity index (χ2n) is 23.9. The van der Waals surface area contributed by atoms with E-state index in [1.165, 1.54) is 250 Å². The zero-order chi connectivity index (χ0) is 57.3. The second-order valence-corrected chi connectivity index (χ2v) is 23.9. The lowest BCUT2D eigenvalue weighted by molar-refractivity contribution is -0.302. The first-order chi connectivity index (χ1) is 38.7. The molecule has 11 nitrogen and oxygen atoms in total. The maximum absolute atomic E-state index is 13.1. The predicted octanol–water partition coefficient (Wildman–Crippen LogP) is 16.8. The zero-order valence-electron chi connectivity index (χ0n) is 51.6. The molecule has 0 aromatic heterocycles. The summed E-state index contributed by atoms with van der Waals surface area (Å²) in [5.41, 5.74) is 0. The monoisotopic (exact) mass is 1120 g/mol. The van der Waals surface area contributed by atoms with Crippen molar-refractivity contribution in [2.45, 2.75) is 378 Å². The highest BCUT2D eigenvalue weighted by atomic mass is 16.7. The van der Waals surface area contributed by atoms with Crippen molar-refractivity contribution in [3.8, 4) is 0 Å². The Morgan fingerprint density at radius 3 is 1.25 bits per heavy atom. The molecule has 0 aliphatic carbocycles. The van der Waals surface area contributed by atoms with E-state index in [2.05, 4.69) is 31.3 Å². The van der Waals surface area contributed by atoms with Gasteiger partial charge in [-0.3, -0.25) is 9.59 Å². The molecule has 0 spiro atoms. The third-order valence-corrected chi connectivity index (χ3v) is 16.3. The van der Waals surface area contributed by atoms with Gasteiger partial charge in [0.15, 0.2) is 6.29 Å². The fourth-order valence-corrected chi connectivity index (χ4v) is 10.9. The van der Waals surface area contributed by atoms with Gasteiger partial charge < -0.3 is 45.1 Å². The normalized spacial score (nSPS) is 18.5. The van der Waals surface area contributed by atoms with E-state index in [4.69, 9.17) is 14.2 Å². The van der Waals surface area contributed by atoms with Gasteiger partial charge in [0, 0.05) is 12.8 Å². The van der Waals surface area contributed by atoms with Crippen molar-refractivity contribution in [3.63, 3.8) is 0 Å². The van der Waals surface area contributed by atoms with E-state index in [1.807, 2.05) is 6.08 Å². The molecule has 7 unspecified atom stereocenters. The zero-order valence-corrected chi connectivity index (χ0v) is 51.6. The number of aliphatic hydroxyl groups is 5. The van der Waals surface area contributed by atoms with Crippen LogP contribution in [-0.2, 0) is 23.8 Å². The minimum Gasteiger partial charge on any atom is -0.466 e. The van der Waals surface area contributed by atoms with Crippen LogP contribution in [-0.4, -0.2) is 100 Å². The molecule has 11 heteroatoms. The van der Waals surface area contributed by atoms with Crippen LogP contribution in [0.5, 0.6) is 0 Å². The van der Waals surface area contributed by atoms with Gasteiger partial charge >= 0.3 is 5.97 Å². The molecule has 0 aromatic rings. The van der Waals surface area contributed by atoms with Gasteiger partial charge in [-0.1, -0.05) is 301 Å². The predicted molar refractivity (Wildman–Crippen MR) is 329 cm³/mol. The molecule has 6 N–H and O–H groups in total. The number of esters is 1. The van der Waals surface area contributed by atoms with Gasteiger partial charge in [0.05, 0.1) is 32.0 Å². The van der Waals surface area contributed by atoms with Gasteiger partial charge in [0.25, 0.3) is 0 Å². The van der Waals surface area contributed by atoms with Crippen molar-refractivity contribution in [2.24, 2.45) is 0 Å². The van der Waals surface area contributed by atoms with E-state index >= 15 is 0 Å². The lowest BCUT2D eigenvalue weighted by Crippen LogP contribution is -2.60. The molecule has 0 radical (unpaired) electrons. The van der Waals surface area contributed by atoms with E-state index in [-0.39, 0.29) is 18.5 Å². The number of ether oxygens (including phenoxy) is 3. The Morgan fingerprint density at radius 1 is 0.456 bits per heavy atom. The lowest BCUT2D eigenvalue weighted by atomic mass is 9.99. The first-order valence-electron chi connectivity index (χ1n) is 34.1. The molecular weight excluding hydrogens is 991 g/mol. The smallest absolute Gasteiger partial charge is 0.305 e. The standard InChI is InChI=1S/C68H129NO10/c1-3-5-7-9-11-13-15-16-28-31-35-38-42-46-50-54-61(71)60(59-78-68-67(76)66(75)65(74)62(58-70)79-68)69-63(72)55-51-47-43-39-36-32-29-26-24-22-20-18-17-19-21-23-25-27-30-33-37-41-45-49-53-57-77-64(73)56-52-48-44-40-34-14-12-10-8-6-4-2/h35,38,50,54,60-62,65-68,70-71,74-76H,3-34,36-37,39-49,51-53,55-59H2,1-2H3,(H,69,72)/b38-35+,54-50+. The fourth-order valence-electron chi connectivity index (χ4n) is 10.9. The Balaban J connectivity index is 2.03. The van der Waals surface area contributed by atoms with Crippen LogP contribution in [0.2, 0.25) is 0 Å². The van der Waals surface area contributed by atoms with Crippen molar-refractivity contribution < 1.29 is 49.3 Å². The third kappa shape index (κ3) is 47.2. The summed E-state index contributed by atoms with van der Waals surface area (Å²) in [7, 11) is 0. The number of hydrogen-bond donors (Lipinski definition) is 6. The molecule has 1 fully saturated rings. The molecule has 1 amide bonds. The van der Waals surface area contributed by atoms with Crippen LogP contribution in [0.25, 0.3) is 0 Å². The van der Waals surface area contributed by atoms with E-state index in [0.29, 0.717) is 19.4 Å². The molecule has 7 atom stereocenters. The number of nitrogens with one attached hydrogen (secondary N) is 1. The SMILES string of the molecule is CCCCCCCCCCC/C=C/CC/C=C/C(O)C(COC1OC(CO)C(O)C(O)C1O)NC(=O)CCCCCCCCCCCCCCCCCCCCCCCCCCCOC(=O)CCCCCCCCCCCCC. The molecule has 1 saturated heterocycles. The topological polar surface area (TPSA) is 175 Å². The summed E-state index contributed by atoms with van der Waals surface area (Å²) in [6, 6.07) is -0.826. The Hall–Kier alpha value is -1.86. The summed E-state index contributed by atoms with van der Waals surface area (Å²) in [4.78, 5) is 25.1. The number of hydrogen-bond acceptors (Lipinski definition) is 10. The van der Waals surface area contributed by atoms with Gasteiger partial charge in [-0.2, -0.15) is 0 Å². The Kier molecular flexibility index (Phi) is 55.1. The van der Waals surface area contributed by atoms with Crippen molar-refractivity contribution in [1.82, 2.24) is 5.32 Å². The van der Waals surface area contributed by atoms with Crippen LogP contribution in [0.15, 0.2) is 24.3 Å². The molecule has 1 heterocycles.